The molecule has 0 amide bonds. The highest BCUT2D eigenvalue weighted by Gasteiger charge is 2.48. The highest BCUT2D eigenvalue weighted by atomic mass is 19.1. The van der Waals surface area contributed by atoms with Crippen molar-refractivity contribution in [3.63, 3.8) is 0 Å². The Labute approximate surface area is 188 Å². The number of alkyl halides is 1. The van der Waals surface area contributed by atoms with E-state index in [1.807, 2.05) is 0 Å². The molecule has 32 heavy (non-hydrogen) atoms. The van der Waals surface area contributed by atoms with Crippen LogP contribution in [0.3, 0.4) is 0 Å². The second-order valence-electron chi connectivity index (χ2n) is 8.37. The molecule has 2 aliphatic heterocycles. The van der Waals surface area contributed by atoms with Gasteiger partial charge in [0, 0.05) is 13.7 Å². The van der Waals surface area contributed by atoms with E-state index in [2.05, 4.69) is 6.92 Å². The van der Waals surface area contributed by atoms with E-state index >= 15 is 0 Å². The quantitative estimate of drug-likeness (QED) is 0.226. The molecule has 2 fully saturated rings. The maximum Gasteiger partial charge on any atom is 0.187 e. The fourth-order valence-electron chi connectivity index (χ4n) is 3.88. The molecule has 5 N–H and O–H groups in total. The van der Waals surface area contributed by atoms with Crippen LogP contribution in [0.15, 0.2) is 0 Å². The van der Waals surface area contributed by atoms with Crippen LogP contribution in [-0.2, 0) is 23.7 Å². The normalized spacial score (nSPS) is 40.5. The molecule has 10 nitrogen and oxygen atoms in total. The van der Waals surface area contributed by atoms with Crippen molar-refractivity contribution in [2.45, 2.75) is 107 Å². The minimum absolute atomic E-state index is 0.323. The fraction of sp³-hybridized carbons (Fsp3) is 1.00. The van der Waals surface area contributed by atoms with Crippen LogP contribution in [0, 0.1) is 0 Å². The second-order valence-corrected chi connectivity index (χ2v) is 8.37. The van der Waals surface area contributed by atoms with E-state index in [1.165, 1.54) is 13.5 Å². The number of aliphatic hydroxyl groups is 5. The Morgan fingerprint density at radius 3 is 2.00 bits per heavy atom. The van der Waals surface area contributed by atoms with Crippen LogP contribution >= 0.6 is 0 Å². The zero-order valence-corrected chi connectivity index (χ0v) is 18.8. The lowest BCUT2D eigenvalue weighted by Crippen LogP contribution is -2.62. The van der Waals surface area contributed by atoms with E-state index in [9.17, 15) is 29.9 Å². The third-order valence-electron chi connectivity index (χ3n) is 5.94. The lowest BCUT2D eigenvalue weighted by Gasteiger charge is -2.43. The molecule has 2 rings (SSSR count). The Morgan fingerprint density at radius 2 is 1.34 bits per heavy atom. The van der Waals surface area contributed by atoms with Gasteiger partial charge >= 0.3 is 0 Å². The van der Waals surface area contributed by atoms with E-state index < -0.39 is 68.1 Å². The zero-order valence-electron chi connectivity index (χ0n) is 18.8. The predicted octanol–water partition coefficient (Wildman–Crippen LogP) is -0.381. The monoisotopic (exact) mass is 470 g/mol. The molecule has 0 aromatic carbocycles. The molecule has 0 saturated carbocycles. The number of ether oxygens (including phenoxy) is 5. The molecule has 0 unspecified atom stereocenters. The fourth-order valence-corrected chi connectivity index (χ4v) is 3.88. The van der Waals surface area contributed by atoms with E-state index in [-0.39, 0.29) is 6.61 Å². The van der Waals surface area contributed by atoms with Crippen molar-refractivity contribution in [3.05, 3.63) is 0 Å². The maximum atomic E-state index is 13.1. The molecule has 2 saturated heterocycles. The second kappa shape index (κ2) is 14.1. The average molecular weight is 471 g/mol. The van der Waals surface area contributed by atoms with Gasteiger partial charge in [-0.15, -0.1) is 0 Å². The average Bonchev–Trinajstić information content (AvgIpc) is 2.79. The standard InChI is InChI=1S/C21H39FO10/c1-3-4-5-6-7-8-9-29-20-18(27)16(25)15(24)13(32-20)11-30-21-19(28-2)17(26)14(23)12(10-22)31-21/h12-21,23-27H,3-11H2,1-2H3/t12-,13-,14-,15-,16+,17+,18+,19+,20+,21+/m1/s1. The topological polar surface area (TPSA) is 147 Å². The number of hydrogen-bond donors (Lipinski definition) is 5. The Hall–Kier alpha value is -0.470. The first kappa shape index (κ1) is 27.8. The molecule has 190 valence electrons. The summed E-state index contributed by atoms with van der Waals surface area (Å²) in [5, 5.41) is 50.6. The molecule has 2 aliphatic rings. The van der Waals surface area contributed by atoms with E-state index in [1.54, 1.807) is 0 Å². The van der Waals surface area contributed by atoms with Gasteiger partial charge < -0.3 is 49.2 Å². The highest BCUT2D eigenvalue weighted by Crippen LogP contribution is 2.27. The van der Waals surface area contributed by atoms with Crippen LogP contribution in [0.4, 0.5) is 4.39 Å². The molecule has 11 heteroatoms. The van der Waals surface area contributed by atoms with Crippen LogP contribution in [-0.4, -0.2) is 114 Å². The van der Waals surface area contributed by atoms with Crippen LogP contribution in [0.25, 0.3) is 0 Å². The van der Waals surface area contributed by atoms with Crippen LogP contribution in [0.1, 0.15) is 45.4 Å². The van der Waals surface area contributed by atoms with Crippen molar-refractivity contribution in [1.29, 1.82) is 0 Å². The van der Waals surface area contributed by atoms with Gasteiger partial charge in [0.2, 0.25) is 0 Å². The van der Waals surface area contributed by atoms with Gasteiger partial charge in [0.15, 0.2) is 12.6 Å². The first-order valence-corrected chi connectivity index (χ1v) is 11.4. The zero-order chi connectivity index (χ0) is 23.7. The molecule has 0 bridgehead atoms. The Bertz CT molecular complexity index is 515. The largest absolute Gasteiger partial charge is 0.387 e. The molecule has 0 aromatic heterocycles. The van der Waals surface area contributed by atoms with Crippen LogP contribution < -0.4 is 0 Å². The number of halogens is 1. The molecule has 0 aliphatic carbocycles. The van der Waals surface area contributed by atoms with Gasteiger partial charge in [-0.05, 0) is 6.42 Å². The van der Waals surface area contributed by atoms with Crippen molar-refractivity contribution in [1.82, 2.24) is 0 Å². The lowest BCUT2D eigenvalue weighted by molar-refractivity contribution is -0.332. The minimum atomic E-state index is -1.52. The number of methoxy groups -OCH3 is 1. The summed E-state index contributed by atoms with van der Waals surface area (Å²) in [4.78, 5) is 0. The van der Waals surface area contributed by atoms with Crippen molar-refractivity contribution in [2.24, 2.45) is 0 Å². The molecule has 0 radical (unpaired) electrons. The van der Waals surface area contributed by atoms with Crippen molar-refractivity contribution in [2.75, 3.05) is 27.0 Å². The number of hydrogen-bond acceptors (Lipinski definition) is 10. The summed E-state index contributed by atoms with van der Waals surface area (Å²) in [7, 11) is 1.27. The van der Waals surface area contributed by atoms with Gasteiger partial charge in [-0.25, -0.2) is 4.39 Å². The number of rotatable bonds is 13. The predicted molar refractivity (Wildman–Crippen MR) is 109 cm³/mol. The lowest BCUT2D eigenvalue weighted by atomic mass is 9.98. The van der Waals surface area contributed by atoms with Gasteiger partial charge in [0.25, 0.3) is 0 Å². The molecule has 10 atom stereocenters. The van der Waals surface area contributed by atoms with Gasteiger partial charge in [-0.2, -0.15) is 0 Å². The summed E-state index contributed by atoms with van der Waals surface area (Å²) in [6, 6.07) is 0. The van der Waals surface area contributed by atoms with E-state index in [0.29, 0.717) is 6.61 Å². The third kappa shape index (κ3) is 7.26. The van der Waals surface area contributed by atoms with Gasteiger partial charge in [-0.1, -0.05) is 39.0 Å². The summed E-state index contributed by atoms with van der Waals surface area (Å²) >= 11 is 0. The summed E-state index contributed by atoms with van der Waals surface area (Å²) in [5.74, 6) is 0. The summed E-state index contributed by atoms with van der Waals surface area (Å²) in [6.07, 6.45) is -6.94. The van der Waals surface area contributed by atoms with Crippen molar-refractivity contribution in [3.8, 4) is 0 Å². The van der Waals surface area contributed by atoms with Crippen molar-refractivity contribution < 1.29 is 53.6 Å². The number of unbranched alkanes of at least 4 members (excludes halogenated alkanes) is 5. The smallest absolute Gasteiger partial charge is 0.187 e. The van der Waals surface area contributed by atoms with Gasteiger partial charge in [0.05, 0.1) is 6.61 Å². The Kier molecular flexibility index (Phi) is 12.2. The third-order valence-corrected chi connectivity index (χ3v) is 5.94. The molecular formula is C21H39FO10. The Morgan fingerprint density at radius 1 is 0.719 bits per heavy atom. The first-order chi connectivity index (χ1) is 15.3. The SMILES string of the molecule is CCCCCCCCO[C@H]1O[C@H](CO[C@H]2O[C@H](CF)[C@@H](O)[C@H](O)[C@@H]2OC)[C@@H](O)[C@H](O)[C@@H]1O. The Balaban J connectivity index is 1.86. The minimum Gasteiger partial charge on any atom is -0.387 e. The van der Waals surface area contributed by atoms with Gasteiger partial charge in [0.1, 0.15) is 55.5 Å². The first-order valence-electron chi connectivity index (χ1n) is 11.4. The van der Waals surface area contributed by atoms with Crippen LogP contribution in [0.2, 0.25) is 0 Å². The van der Waals surface area contributed by atoms with E-state index in [4.69, 9.17) is 23.7 Å². The molecular weight excluding hydrogens is 431 g/mol. The molecule has 2 heterocycles. The van der Waals surface area contributed by atoms with Gasteiger partial charge in [-0.3, -0.25) is 0 Å². The van der Waals surface area contributed by atoms with Crippen LogP contribution in [0.5, 0.6) is 0 Å². The summed E-state index contributed by atoms with van der Waals surface area (Å²) < 4.78 is 40.3. The molecule has 0 spiro atoms. The number of aliphatic hydroxyl groups excluding tert-OH is 5. The summed E-state index contributed by atoms with van der Waals surface area (Å²) in [5.41, 5.74) is 0. The van der Waals surface area contributed by atoms with Crippen molar-refractivity contribution >= 4 is 0 Å². The highest BCUT2D eigenvalue weighted by molar-refractivity contribution is 4.92. The molecule has 0 aromatic rings. The van der Waals surface area contributed by atoms with E-state index in [0.717, 1.165) is 32.1 Å². The maximum absolute atomic E-state index is 13.1. The summed E-state index contributed by atoms with van der Waals surface area (Å²) in [6.45, 7) is 1.10.